The maximum atomic E-state index is 13.0. The van der Waals surface area contributed by atoms with E-state index in [1.54, 1.807) is 26.0 Å². The van der Waals surface area contributed by atoms with Crippen LogP contribution in [0.4, 0.5) is 13.2 Å². The van der Waals surface area contributed by atoms with Crippen molar-refractivity contribution in [3.8, 4) is 0 Å². The summed E-state index contributed by atoms with van der Waals surface area (Å²) >= 11 is 0. The van der Waals surface area contributed by atoms with Gasteiger partial charge in [0, 0.05) is 0 Å². The molecule has 2 saturated heterocycles. The minimum atomic E-state index is -4.99. The van der Waals surface area contributed by atoms with Crippen LogP contribution in [0, 0.1) is 6.92 Å². The molecule has 0 aromatic heterocycles. The van der Waals surface area contributed by atoms with E-state index < -0.39 is 46.2 Å². The number of nitrogens with zero attached hydrogens (tertiary/aromatic N) is 1. The number of likely N-dealkylation sites (tertiary alicyclic amines) is 1. The summed E-state index contributed by atoms with van der Waals surface area (Å²) in [6, 6.07) is 5.40. The van der Waals surface area contributed by atoms with Crippen molar-refractivity contribution in [1.29, 1.82) is 0 Å². The van der Waals surface area contributed by atoms with Crippen molar-refractivity contribution in [3.63, 3.8) is 0 Å². The Balaban J connectivity index is 1.56. The van der Waals surface area contributed by atoms with Crippen molar-refractivity contribution in [1.82, 2.24) is 4.90 Å². The maximum absolute atomic E-state index is 13.0. The van der Waals surface area contributed by atoms with E-state index in [1.165, 1.54) is 12.1 Å². The van der Waals surface area contributed by atoms with Crippen molar-refractivity contribution >= 4 is 16.0 Å². The Morgan fingerprint density at radius 2 is 1.84 bits per heavy atom. The number of hydrogen-bond acceptors (Lipinski definition) is 6. The third-order valence-corrected chi connectivity index (χ3v) is 6.65. The number of alkyl halides is 3. The van der Waals surface area contributed by atoms with Crippen LogP contribution in [0.5, 0.6) is 0 Å². The molecule has 0 radical (unpaired) electrons. The Labute approximate surface area is 179 Å². The number of aryl methyl sites for hydroxylation is 1. The van der Waals surface area contributed by atoms with Gasteiger partial charge in [0.25, 0.3) is 10.1 Å². The molecule has 174 valence electrons. The highest BCUT2D eigenvalue weighted by molar-refractivity contribution is 7.86. The van der Waals surface area contributed by atoms with E-state index in [1.807, 2.05) is 6.92 Å². The number of fused-ring (bicyclic) bond motifs is 1. The summed E-state index contributed by atoms with van der Waals surface area (Å²) in [4.78, 5) is 12.7. The van der Waals surface area contributed by atoms with Crippen molar-refractivity contribution in [2.75, 3.05) is 13.2 Å². The topological polar surface area (TPSA) is 82.1 Å². The van der Waals surface area contributed by atoms with Gasteiger partial charge in [0.05, 0.1) is 24.1 Å². The standard InChI is InChI=1S/C20H26F3NO6S/c1-13-7-9-14(10-8-13)31(26,27)28-11-5-4-6-15-17-16(29-19(2,3)30-17)12-24(15)18(25)20(21,22)23/h7-10,15-17H,4-6,11-12H2,1-3H3/t15-,16+,17-/m0/s1. The third kappa shape index (κ3) is 5.57. The van der Waals surface area contributed by atoms with Gasteiger partial charge in [0.15, 0.2) is 5.79 Å². The molecular formula is C20H26F3NO6S. The fraction of sp³-hybridized carbons (Fsp3) is 0.650. The molecule has 31 heavy (non-hydrogen) atoms. The average Bonchev–Trinajstić information content (AvgIpc) is 3.12. The zero-order valence-electron chi connectivity index (χ0n) is 17.5. The molecule has 0 bridgehead atoms. The lowest BCUT2D eigenvalue weighted by Crippen LogP contribution is -2.47. The van der Waals surface area contributed by atoms with E-state index in [0.29, 0.717) is 6.42 Å². The van der Waals surface area contributed by atoms with Crippen LogP contribution in [0.3, 0.4) is 0 Å². The monoisotopic (exact) mass is 465 g/mol. The van der Waals surface area contributed by atoms with Gasteiger partial charge in [-0.15, -0.1) is 0 Å². The minimum Gasteiger partial charge on any atom is -0.343 e. The lowest BCUT2D eigenvalue weighted by atomic mass is 10.0. The van der Waals surface area contributed by atoms with Gasteiger partial charge in [-0.05, 0) is 52.2 Å². The number of amides is 1. The second kappa shape index (κ2) is 8.68. The molecule has 0 aliphatic carbocycles. The first-order valence-corrected chi connectivity index (χ1v) is 11.4. The number of carbonyl (C=O) groups excluding carboxylic acids is 1. The Morgan fingerprint density at radius 3 is 2.45 bits per heavy atom. The average molecular weight is 465 g/mol. The summed E-state index contributed by atoms with van der Waals surface area (Å²) in [5.41, 5.74) is 0.910. The molecule has 2 fully saturated rings. The number of unbranched alkanes of at least 4 members (excludes halogenated alkanes) is 1. The van der Waals surface area contributed by atoms with Gasteiger partial charge in [0.2, 0.25) is 0 Å². The number of benzene rings is 1. The zero-order valence-corrected chi connectivity index (χ0v) is 18.3. The fourth-order valence-corrected chi connectivity index (χ4v) is 4.89. The van der Waals surface area contributed by atoms with E-state index >= 15 is 0 Å². The highest BCUT2D eigenvalue weighted by atomic mass is 32.2. The zero-order chi connectivity index (χ0) is 23.0. The molecule has 1 aromatic rings. The maximum Gasteiger partial charge on any atom is 0.471 e. The highest BCUT2D eigenvalue weighted by Gasteiger charge is 2.57. The van der Waals surface area contributed by atoms with Crippen LogP contribution in [0.2, 0.25) is 0 Å². The van der Waals surface area contributed by atoms with Crippen LogP contribution in [-0.2, 0) is 28.6 Å². The number of carbonyl (C=O) groups is 1. The molecule has 0 unspecified atom stereocenters. The second-order valence-corrected chi connectivity index (χ2v) is 9.86. The smallest absolute Gasteiger partial charge is 0.343 e. The molecule has 3 atom stereocenters. The van der Waals surface area contributed by atoms with Crippen LogP contribution < -0.4 is 0 Å². The van der Waals surface area contributed by atoms with Crippen molar-refractivity contribution in [2.24, 2.45) is 0 Å². The van der Waals surface area contributed by atoms with Crippen molar-refractivity contribution < 1.29 is 40.0 Å². The summed E-state index contributed by atoms with van der Waals surface area (Å²) in [5, 5.41) is 0. The highest BCUT2D eigenvalue weighted by Crippen LogP contribution is 2.39. The van der Waals surface area contributed by atoms with Crippen LogP contribution in [0.25, 0.3) is 0 Å². The molecule has 1 amide bonds. The fourth-order valence-electron chi connectivity index (χ4n) is 3.95. The van der Waals surface area contributed by atoms with Gasteiger partial charge in [-0.3, -0.25) is 8.98 Å². The summed E-state index contributed by atoms with van der Waals surface area (Å²) in [5.74, 6) is -2.86. The molecule has 0 N–H and O–H groups in total. The molecule has 1 aromatic carbocycles. The predicted octanol–water partition coefficient (Wildman–Crippen LogP) is 3.16. The van der Waals surface area contributed by atoms with Gasteiger partial charge in [-0.1, -0.05) is 17.7 Å². The van der Waals surface area contributed by atoms with E-state index in [9.17, 15) is 26.4 Å². The van der Waals surface area contributed by atoms with Crippen LogP contribution >= 0.6 is 0 Å². The van der Waals surface area contributed by atoms with Crippen LogP contribution in [-0.4, -0.2) is 62.6 Å². The summed E-state index contributed by atoms with van der Waals surface area (Å²) in [7, 11) is -3.91. The molecule has 11 heteroatoms. The Morgan fingerprint density at radius 1 is 1.19 bits per heavy atom. The van der Waals surface area contributed by atoms with Crippen molar-refractivity contribution in [3.05, 3.63) is 29.8 Å². The second-order valence-electron chi connectivity index (χ2n) is 8.25. The van der Waals surface area contributed by atoms with Gasteiger partial charge < -0.3 is 14.4 Å². The largest absolute Gasteiger partial charge is 0.471 e. The first kappa shape index (κ1) is 24.0. The predicted molar refractivity (Wildman–Crippen MR) is 104 cm³/mol. The number of rotatable bonds is 7. The Kier molecular flexibility index (Phi) is 6.71. The van der Waals surface area contributed by atoms with Gasteiger partial charge in [0.1, 0.15) is 12.2 Å². The van der Waals surface area contributed by atoms with E-state index in [2.05, 4.69) is 0 Å². The van der Waals surface area contributed by atoms with E-state index in [-0.39, 0.29) is 30.9 Å². The van der Waals surface area contributed by atoms with E-state index in [0.717, 1.165) is 10.5 Å². The first-order valence-electron chi connectivity index (χ1n) is 10.00. The third-order valence-electron chi connectivity index (χ3n) is 5.32. The molecule has 2 aliphatic heterocycles. The van der Waals surface area contributed by atoms with Crippen LogP contribution in [0.1, 0.15) is 38.7 Å². The molecule has 7 nitrogen and oxygen atoms in total. The number of hydrogen-bond donors (Lipinski definition) is 0. The Bertz CT molecular complexity index is 900. The summed E-state index contributed by atoms with van der Waals surface area (Å²) < 4.78 is 79.8. The molecule has 3 rings (SSSR count). The van der Waals surface area contributed by atoms with E-state index in [4.69, 9.17) is 13.7 Å². The molecule has 2 heterocycles. The lowest BCUT2D eigenvalue weighted by Gasteiger charge is -2.30. The minimum absolute atomic E-state index is 0.0393. The van der Waals surface area contributed by atoms with Gasteiger partial charge in [-0.25, -0.2) is 0 Å². The lowest BCUT2D eigenvalue weighted by molar-refractivity contribution is -0.195. The van der Waals surface area contributed by atoms with Gasteiger partial charge >= 0.3 is 12.1 Å². The Hall–Kier alpha value is -1.69. The SMILES string of the molecule is Cc1ccc(S(=O)(=O)OCCCC[C@H]2[C@@H]3OC(C)(C)O[C@@H]3CN2C(=O)C(F)(F)F)cc1. The molecular weight excluding hydrogens is 439 g/mol. The summed E-state index contributed by atoms with van der Waals surface area (Å²) in [6.45, 7) is 4.85. The normalized spacial score (nSPS) is 25.6. The number of halogens is 3. The molecule has 2 aliphatic rings. The van der Waals surface area contributed by atoms with Crippen molar-refractivity contribution in [2.45, 2.75) is 75.1 Å². The van der Waals surface area contributed by atoms with Gasteiger partial charge in [-0.2, -0.15) is 21.6 Å². The molecule has 0 saturated carbocycles. The first-order chi connectivity index (χ1) is 14.3. The summed E-state index contributed by atoms with van der Waals surface area (Å²) in [6.07, 6.45) is -5.45. The van der Waals surface area contributed by atoms with Crippen LogP contribution in [0.15, 0.2) is 29.2 Å². The molecule has 0 spiro atoms. The quantitative estimate of drug-likeness (QED) is 0.455. The number of ether oxygens (including phenoxy) is 2.